The summed E-state index contributed by atoms with van der Waals surface area (Å²) in [6.07, 6.45) is 3.35. The molecule has 0 spiro atoms. The minimum atomic E-state index is -0.301. The summed E-state index contributed by atoms with van der Waals surface area (Å²) in [6, 6.07) is 9.70. The molecule has 0 unspecified atom stereocenters. The van der Waals surface area contributed by atoms with E-state index in [1.54, 1.807) is 12.4 Å². The summed E-state index contributed by atoms with van der Waals surface area (Å²) in [4.78, 5) is 15.5. The van der Waals surface area contributed by atoms with Crippen molar-refractivity contribution in [3.05, 3.63) is 54.2 Å². The maximum absolute atomic E-state index is 14.7. The Morgan fingerprint density at radius 3 is 2.63 bits per heavy atom. The fraction of sp³-hybridized carbons (Fsp3) is 0.318. The van der Waals surface area contributed by atoms with E-state index in [1.807, 2.05) is 11.0 Å². The highest BCUT2D eigenvalue weighted by Crippen LogP contribution is 2.25. The predicted molar refractivity (Wildman–Crippen MR) is 117 cm³/mol. The van der Waals surface area contributed by atoms with Crippen LogP contribution in [0.2, 0.25) is 0 Å². The molecule has 1 aliphatic heterocycles. The molecule has 0 atom stereocenters. The summed E-state index contributed by atoms with van der Waals surface area (Å²) in [5, 5.41) is 7.27. The van der Waals surface area contributed by atoms with Crippen LogP contribution in [0.25, 0.3) is 16.6 Å². The third kappa shape index (κ3) is 3.33. The first-order valence-corrected chi connectivity index (χ1v) is 10.3. The number of hydrogen-bond acceptors (Lipinski definition) is 6. The van der Waals surface area contributed by atoms with Gasteiger partial charge in [0.25, 0.3) is 0 Å². The van der Waals surface area contributed by atoms with E-state index in [0.717, 1.165) is 42.7 Å². The van der Waals surface area contributed by atoms with Gasteiger partial charge in [0.1, 0.15) is 11.5 Å². The van der Waals surface area contributed by atoms with Crippen LogP contribution in [0.5, 0.6) is 0 Å². The lowest BCUT2D eigenvalue weighted by Crippen LogP contribution is -2.43. The zero-order valence-electron chi connectivity index (χ0n) is 17.1. The molecule has 154 valence electrons. The average molecular weight is 405 g/mol. The van der Waals surface area contributed by atoms with Crippen molar-refractivity contribution in [1.29, 1.82) is 0 Å². The Morgan fingerprint density at radius 1 is 1.07 bits per heavy atom. The molecule has 8 heteroatoms. The molecule has 0 saturated carbocycles. The van der Waals surface area contributed by atoms with Gasteiger partial charge in [0, 0.05) is 55.0 Å². The van der Waals surface area contributed by atoms with Gasteiger partial charge in [-0.2, -0.15) is 4.98 Å². The third-order valence-corrected chi connectivity index (χ3v) is 5.51. The number of anilines is 3. The smallest absolute Gasteiger partial charge is 0.230 e. The Bertz CT molecular complexity index is 1210. The molecule has 7 nitrogen and oxygen atoms in total. The van der Waals surface area contributed by atoms with Crippen LogP contribution in [-0.4, -0.2) is 45.5 Å². The standard InChI is InChI=1S/C22H24FN7/c1-14(2)18-6-5-16-4-3-15-12-26-22(28-21(15)30(16)18)27-20-11-17(23)19(13-25-20)29-9-7-24-8-10-29/h3-6,11-14,24H,7-10H2,1-2H3,(H,25,26,27,28). The largest absolute Gasteiger partial charge is 0.365 e. The zero-order chi connectivity index (χ0) is 20.7. The zero-order valence-corrected chi connectivity index (χ0v) is 17.1. The highest BCUT2D eigenvalue weighted by atomic mass is 19.1. The lowest BCUT2D eigenvalue weighted by atomic mass is 10.1. The lowest BCUT2D eigenvalue weighted by molar-refractivity contribution is 0.565. The second-order valence-corrected chi connectivity index (χ2v) is 7.86. The van der Waals surface area contributed by atoms with Crippen molar-refractivity contribution in [2.24, 2.45) is 0 Å². The number of fused-ring (bicyclic) bond motifs is 3. The van der Waals surface area contributed by atoms with Crippen LogP contribution in [0.4, 0.5) is 21.8 Å². The Hall–Kier alpha value is -3.26. The Labute approximate surface area is 174 Å². The van der Waals surface area contributed by atoms with Crippen LogP contribution in [0, 0.1) is 5.82 Å². The van der Waals surface area contributed by atoms with Crippen LogP contribution in [0.15, 0.2) is 42.7 Å². The minimum absolute atomic E-state index is 0.301. The quantitative estimate of drug-likeness (QED) is 0.540. The van der Waals surface area contributed by atoms with Crippen LogP contribution < -0.4 is 15.5 Å². The van der Waals surface area contributed by atoms with Crippen LogP contribution >= 0.6 is 0 Å². The average Bonchev–Trinajstić information content (AvgIpc) is 3.20. The molecule has 5 rings (SSSR count). The number of halogens is 1. The van der Waals surface area contributed by atoms with Crippen LogP contribution in [0.3, 0.4) is 0 Å². The minimum Gasteiger partial charge on any atom is -0.365 e. The van der Waals surface area contributed by atoms with E-state index in [9.17, 15) is 4.39 Å². The number of piperazine rings is 1. The van der Waals surface area contributed by atoms with Gasteiger partial charge in [0.15, 0.2) is 5.82 Å². The molecule has 0 radical (unpaired) electrons. The second kappa shape index (κ2) is 7.53. The topological polar surface area (TPSA) is 70.4 Å². The van der Waals surface area contributed by atoms with E-state index in [4.69, 9.17) is 4.98 Å². The van der Waals surface area contributed by atoms with Gasteiger partial charge in [-0.05, 0) is 30.2 Å². The third-order valence-electron chi connectivity index (χ3n) is 5.51. The molecule has 2 N–H and O–H groups in total. The van der Waals surface area contributed by atoms with E-state index in [1.165, 1.54) is 11.8 Å². The summed E-state index contributed by atoms with van der Waals surface area (Å²) in [5.74, 6) is 0.831. The van der Waals surface area contributed by atoms with Crippen molar-refractivity contribution in [3.8, 4) is 0 Å². The Balaban J connectivity index is 1.48. The van der Waals surface area contributed by atoms with E-state index < -0.39 is 0 Å². The van der Waals surface area contributed by atoms with Gasteiger partial charge in [0.2, 0.25) is 5.95 Å². The van der Waals surface area contributed by atoms with E-state index in [2.05, 4.69) is 57.0 Å². The van der Waals surface area contributed by atoms with E-state index in [-0.39, 0.29) is 5.82 Å². The highest BCUT2D eigenvalue weighted by Gasteiger charge is 2.16. The first kappa shape index (κ1) is 18.7. The molecule has 4 aromatic heterocycles. The fourth-order valence-electron chi connectivity index (χ4n) is 3.95. The van der Waals surface area contributed by atoms with Crippen molar-refractivity contribution in [1.82, 2.24) is 24.7 Å². The predicted octanol–water partition coefficient (Wildman–Crippen LogP) is 3.69. The van der Waals surface area contributed by atoms with Gasteiger partial charge in [-0.25, -0.2) is 14.4 Å². The molecule has 30 heavy (non-hydrogen) atoms. The molecule has 4 aromatic rings. The van der Waals surface area contributed by atoms with Crippen molar-refractivity contribution in [2.45, 2.75) is 19.8 Å². The highest BCUT2D eigenvalue weighted by molar-refractivity contribution is 5.80. The fourth-order valence-corrected chi connectivity index (χ4v) is 3.95. The Morgan fingerprint density at radius 2 is 1.87 bits per heavy atom. The molecular weight excluding hydrogens is 381 g/mol. The van der Waals surface area contributed by atoms with Crippen LogP contribution in [0.1, 0.15) is 25.5 Å². The normalized spacial score (nSPS) is 14.7. The monoisotopic (exact) mass is 405 g/mol. The van der Waals surface area contributed by atoms with Gasteiger partial charge in [-0.15, -0.1) is 0 Å². The van der Waals surface area contributed by atoms with E-state index >= 15 is 0 Å². The van der Waals surface area contributed by atoms with Crippen molar-refractivity contribution >= 4 is 34.0 Å². The van der Waals surface area contributed by atoms with Gasteiger partial charge in [0.05, 0.1) is 11.9 Å². The van der Waals surface area contributed by atoms with Crippen molar-refractivity contribution < 1.29 is 4.39 Å². The maximum atomic E-state index is 14.7. The first-order valence-electron chi connectivity index (χ1n) is 10.3. The molecule has 1 aliphatic rings. The number of nitrogens with one attached hydrogen (secondary N) is 2. The van der Waals surface area contributed by atoms with E-state index in [0.29, 0.717) is 23.4 Å². The lowest BCUT2D eigenvalue weighted by Gasteiger charge is -2.29. The summed E-state index contributed by atoms with van der Waals surface area (Å²) >= 11 is 0. The molecule has 0 bridgehead atoms. The Kier molecular flexibility index (Phi) is 4.71. The number of aromatic nitrogens is 4. The molecule has 1 saturated heterocycles. The first-order chi connectivity index (χ1) is 14.6. The maximum Gasteiger partial charge on any atom is 0.230 e. The van der Waals surface area contributed by atoms with Gasteiger partial charge in [-0.1, -0.05) is 13.8 Å². The van der Waals surface area contributed by atoms with Crippen molar-refractivity contribution in [2.75, 3.05) is 36.4 Å². The number of nitrogens with zero attached hydrogens (tertiary/aromatic N) is 5. The molecule has 0 amide bonds. The molecule has 1 fully saturated rings. The van der Waals surface area contributed by atoms with Gasteiger partial charge >= 0.3 is 0 Å². The van der Waals surface area contributed by atoms with Gasteiger partial charge < -0.3 is 15.5 Å². The summed E-state index contributed by atoms with van der Waals surface area (Å²) in [5.41, 5.74) is 3.61. The number of hydrogen-bond donors (Lipinski definition) is 2. The summed E-state index contributed by atoms with van der Waals surface area (Å²) in [6.45, 7) is 7.54. The second-order valence-electron chi connectivity index (χ2n) is 7.86. The molecule has 0 aliphatic carbocycles. The SMILES string of the molecule is CC(C)c1ccc2ccc3cnc(Nc4cc(F)c(N5CCNCC5)cn4)nc3n12. The summed E-state index contributed by atoms with van der Waals surface area (Å²) < 4.78 is 16.9. The molecular formula is C22H24FN7. The molecule has 5 heterocycles. The summed E-state index contributed by atoms with van der Waals surface area (Å²) in [7, 11) is 0. The van der Waals surface area contributed by atoms with Gasteiger partial charge in [-0.3, -0.25) is 4.40 Å². The van der Waals surface area contributed by atoms with Crippen LogP contribution in [-0.2, 0) is 0 Å². The number of pyridine rings is 2. The number of rotatable bonds is 4. The van der Waals surface area contributed by atoms with Crippen molar-refractivity contribution in [3.63, 3.8) is 0 Å². The molecule has 0 aromatic carbocycles.